The summed E-state index contributed by atoms with van der Waals surface area (Å²) < 4.78 is 12.8. The van der Waals surface area contributed by atoms with Crippen molar-refractivity contribution in [1.82, 2.24) is 20.2 Å². The second kappa shape index (κ2) is 9.36. The molecule has 0 amide bonds. The first-order valence-electron chi connectivity index (χ1n) is 7.64. The second-order valence-electron chi connectivity index (χ2n) is 5.19. The predicted octanol–water partition coefficient (Wildman–Crippen LogP) is 1.99. The van der Waals surface area contributed by atoms with E-state index in [4.69, 9.17) is 9.47 Å². The zero-order valence-electron chi connectivity index (χ0n) is 13.6. The Morgan fingerprint density at radius 2 is 2.17 bits per heavy atom. The molecule has 7 nitrogen and oxygen atoms in total. The van der Waals surface area contributed by atoms with E-state index in [1.165, 1.54) is 0 Å². The lowest BCUT2D eigenvalue weighted by atomic mass is 10.2. The van der Waals surface area contributed by atoms with Gasteiger partial charge in [0.15, 0.2) is 17.5 Å². The van der Waals surface area contributed by atoms with Gasteiger partial charge in [-0.05, 0) is 24.1 Å². The van der Waals surface area contributed by atoms with Gasteiger partial charge in [0.1, 0.15) is 0 Å². The van der Waals surface area contributed by atoms with Gasteiger partial charge in [0, 0.05) is 39.1 Å². The van der Waals surface area contributed by atoms with Gasteiger partial charge in [-0.1, -0.05) is 6.07 Å². The summed E-state index contributed by atoms with van der Waals surface area (Å²) in [6, 6.07) is 5.94. The normalized spacial score (nSPS) is 12.6. The molecule has 2 heterocycles. The van der Waals surface area contributed by atoms with Crippen LogP contribution in [0, 0.1) is 0 Å². The maximum absolute atomic E-state index is 5.38. The van der Waals surface area contributed by atoms with Crippen molar-refractivity contribution in [3.8, 4) is 11.5 Å². The van der Waals surface area contributed by atoms with E-state index < -0.39 is 0 Å². The van der Waals surface area contributed by atoms with Gasteiger partial charge in [0.25, 0.3) is 0 Å². The van der Waals surface area contributed by atoms with Crippen LogP contribution in [0.15, 0.2) is 41.9 Å². The largest absolute Gasteiger partial charge is 0.454 e. The Morgan fingerprint density at radius 3 is 2.96 bits per heavy atom. The fourth-order valence-corrected chi connectivity index (χ4v) is 2.34. The summed E-state index contributed by atoms with van der Waals surface area (Å²) in [5, 5.41) is 6.60. The highest BCUT2D eigenvalue weighted by molar-refractivity contribution is 14.0. The Balaban J connectivity index is 0.00000208. The quantitative estimate of drug-likeness (QED) is 0.309. The number of aromatic nitrogens is 2. The molecule has 2 N–H and O–H groups in total. The monoisotopic (exact) mass is 443 g/mol. The van der Waals surface area contributed by atoms with Crippen molar-refractivity contribution in [2.24, 2.45) is 4.99 Å². The number of hydrogen-bond donors (Lipinski definition) is 2. The van der Waals surface area contributed by atoms with E-state index >= 15 is 0 Å². The van der Waals surface area contributed by atoms with Crippen LogP contribution in [-0.2, 0) is 13.1 Å². The number of nitrogens with one attached hydrogen (secondary N) is 2. The molecule has 0 unspecified atom stereocenters. The number of nitrogens with zero attached hydrogens (tertiary/aromatic N) is 3. The molecule has 1 aliphatic rings. The molecule has 1 aliphatic heterocycles. The lowest BCUT2D eigenvalue weighted by Gasteiger charge is -2.12. The maximum Gasteiger partial charge on any atom is 0.231 e. The van der Waals surface area contributed by atoms with E-state index in [1.807, 2.05) is 30.7 Å². The van der Waals surface area contributed by atoms with Crippen LogP contribution in [0.4, 0.5) is 0 Å². The number of rotatable bonds is 6. The zero-order chi connectivity index (χ0) is 15.9. The molecule has 0 aliphatic carbocycles. The predicted molar refractivity (Wildman–Crippen MR) is 103 cm³/mol. The SMILES string of the molecule is CN=C(NCCCn1ccnc1)NCc1ccc2c(c1)OCO2.I. The second-order valence-corrected chi connectivity index (χ2v) is 5.19. The Kier molecular flexibility index (Phi) is 7.16. The molecule has 0 bridgehead atoms. The minimum absolute atomic E-state index is 0. The van der Waals surface area contributed by atoms with Crippen molar-refractivity contribution in [3.05, 3.63) is 42.5 Å². The third kappa shape index (κ3) is 5.02. The van der Waals surface area contributed by atoms with Gasteiger partial charge in [-0.2, -0.15) is 0 Å². The van der Waals surface area contributed by atoms with Crippen molar-refractivity contribution in [3.63, 3.8) is 0 Å². The highest BCUT2D eigenvalue weighted by Crippen LogP contribution is 2.32. The first-order chi connectivity index (χ1) is 11.3. The average Bonchev–Trinajstić information content (AvgIpc) is 3.25. The zero-order valence-corrected chi connectivity index (χ0v) is 15.9. The number of ether oxygens (including phenoxy) is 2. The molecule has 8 heteroatoms. The topological polar surface area (TPSA) is 72.7 Å². The van der Waals surface area contributed by atoms with Crippen molar-refractivity contribution < 1.29 is 9.47 Å². The first-order valence-corrected chi connectivity index (χ1v) is 7.64. The number of aliphatic imine (C=N–C) groups is 1. The summed E-state index contributed by atoms with van der Waals surface area (Å²) in [7, 11) is 1.77. The summed E-state index contributed by atoms with van der Waals surface area (Å²) >= 11 is 0. The summed E-state index contributed by atoms with van der Waals surface area (Å²) in [4.78, 5) is 8.26. The average molecular weight is 443 g/mol. The van der Waals surface area contributed by atoms with Crippen molar-refractivity contribution in [2.75, 3.05) is 20.4 Å². The van der Waals surface area contributed by atoms with Crippen molar-refractivity contribution >= 4 is 29.9 Å². The van der Waals surface area contributed by atoms with Gasteiger partial charge in [0.2, 0.25) is 6.79 Å². The van der Waals surface area contributed by atoms with Crippen LogP contribution < -0.4 is 20.1 Å². The summed E-state index contributed by atoms with van der Waals surface area (Å²) in [6.07, 6.45) is 6.58. The lowest BCUT2D eigenvalue weighted by Crippen LogP contribution is -2.37. The maximum atomic E-state index is 5.38. The van der Waals surface area contributed by atoms with E-state index in [0.717, 1.165) is 42.5 Å². The molecule has 0 saturated carbocycles. The number of halogens is 1. The van der Waals surface area contributed by atoms with Crippen molar-refractivity contribution in [2.45, 2.75) is 19.5 Å². The highest BCUT2D eigenvalue weighted by Gasteiger charge is 2.13. The van der Waals surface area contributed by atoms with E-state index in [0.29, 0.717) is 13.3 Å². The Morgan fingerprint density at radius 1 is 1.29 bits per heavy atom. The molecular weight excluding hydrogens is 421 g/mol. The van der Waals surface area contributed by atoms with Crippen LogP contribution in [0.2, 0.25) is 0 Å². The van der Waals surface area contributed by atoms with Crippen LogP contribution in [0.5, 0.6) is 11.5 Å². The Labute approximate surface area is 158 Å². The van der Waals surface area contributed by atoms with E-state index in [9.17, 15) is 0 Å². The number of guanidine groups is 1. The number of hydrogen-bond acceptors (Lipinski definition) is 4. The minimum atomic E-state index is 0. The Bertz CT molecular complexity index is 660. The van der Waals surface area contributed by atoms with Crippen LogP contribution in [-0.4, -0.2) is 35.9 Å². The standard InChI is InChI=1S/C16H21N5O2.HI/c1-17-16(19-5-2-7-21-8-6-18-11-21)20-10-13-3-4-14-15(9-13)23-12-22-14;/h3-4,6,8-9,11H,2,5,7,10,12H2,1H3,(H2,17,19,20);1H. The Hall–Kier alpha value is -1.97. The molecule has 24 heavy (non-hydrogen) atoms. The van der Waals surface area contributed by atoms with E-state index in [2.05, 4.69) is 25.2 Å². The van der Waals surface area contributed by atoms with E-state index in [-0.39, 0.29) is 24.0 Å². The fraction of sp³-hybridized carbons (Fsp3) is 0.375. The molecule has 1 aromatic carbocycles. The van der Waals surface area contributed by atoms with E-state index in [1.54, 1.807) is 13.2 Å². The molecule has 0 saturated heterocycles. The number of benzene rings is 1. The van der Waals surface area contributed by atoms with Crippen LogP contribution in [0.3, 0.4) is 0 Å². The molecule has 0 spiro atoms. The molecular formula is C16H22IN5O2. The highest BCUT2D eigenvalue weighted by atomic mass is 127. The molecule has 130 valence electrons. The van der Waals surface area contributed by atoms with Gasteiger partial charge in [-0.15, -0.1) is 24.0 Å². The number of aryl methyl sites for hydroxylation is 1. The summed E-state index contributed by atoms with van der Waals surface area (Å²) in [5.74, 6) is 2.39. The molecule has 0 fully saturated rings. The lowest BCUT2D eigenvalue weighted by molar-refractivity contribution is 0.174. The molecule has 0 atom stereocenters. The molecule has 3 rings (SSSR count). The van der Waals surface area contributed by atoms with Gasteiger partial charge in [0.05, 0.1) is 6.33 Å². The minimum Gasteiger partial charge on any atom is -0.454 e. The number of fused-ring (bicyclic) bond motifs is 1. The van der Waals surface area contributed by atoms with Crippen LogP contribution in [0.1, 0.15) is 12.0 Å². The van der Waals surface area contributed by atoms with Gasteiger partial charge >= 0.3 is 0 Å². The molecule has 0 radical (unpaired) electrons. The van der Waals surface area contributed by atoms with Gasteiger partial charge < -0.3 is 24.7 Å². The fourth-order valence-electron chi connectivity index (χ4n) is 2.34. The van der Waals surface area contributed by atoms with Crippen molar-refractivity contribution in [1.29, 1.82) is 0 Å². The first kappa shape index (κ1) is 18.4. The van der Waals surface area contributed by atoms with Gasteiger partial charge in [-0.25, -0.2) is 4.98 Å². The third-order valence-electron chi connectivity index (χ3n) is 3.57. The molecule has 2 aromatic rings. The smallest absolute Gasteiger partial charge is 0.231 e. The van der Waals surface area contributed by atoms with Crippen LogP contribution in [0.25, 0.3) is 0 Å². The van der Waals surface area contributed by atoms with Crippen LogP contribution >= 0.6 is 24.0 Å². The summed E-state index contributed by atoms with van der Waals surface area (Å²) in [6.45, 7) is 2.76. The third-order valence-corrected chi connectivity index (χ3v) is 3.57. The number of imidazole rings is 1. The summed E-state index contributed by atoms with van der Waals surface area (Å²) in [5.41, 5.74) is 1.12. The molecule has 1 aromatic heterocycles. The van der Waals surface area contributed by atoms with Gasteiger partial charge in [-0.3, -0.25) is 4.99 Å².